The largest absolute Gasteiger partial charge is 0.465 e. The number of nitrogens with zero attached hydrogens (tertiary/aromatic N) is 1. The Hall–Kier alpha value is -1.84. The molecule has 0 aliphatic rings. The van der Waals surface area contributed by atoms with E-state index in [-0.39, 0.29) is 5.91 Å². The predicted octanol–water partition coefficient (Wildman–Crippen LogP) is 4.62. The highest BCUT2D eigenvalue weighted by atomic mass is 16.5. The third-order valence-corrected chi connectivity index (χ3v) is 4.53. The van der Waals surface area contributed by atoms with Gasteiger partial charge in [-0.25, -0.2) is 0 Å². The first-order valence-electron chi connectivity index (χ1n) is 10.1. The number of ether oxygens (including phenoxy) is 1. The van der Waals surface area contributed by atoms with E-state index in [0.717, 1.165) is 57.2 Å². The molecule has 4 nitrogen and oxygen atoms in total. The second kappa shape index (κ2) is 13.4. The van der Waals surface area contributed by atoms with Crippen molar-refractivity contribution in [2.45, 2.75) is 65.7 Å². The zero-order valence-electron chi connectivity index (χ0n) is 16.7. The van der Waals surface area contributed by atoms with Crippen LogP contribution in [0.4, 0.5) is 0 Å². The third-order valence-electron chi connectivity index (χ3n) is 4.53. The van der Waals surface area contributed by atoms with Crippen LogP contribution < -0.4 is 0 Å². The maximum absolute atomic E-state index is 13.2. The van der Waals surface area contributed by atoms with Gasteiger partial charge >= 0.3 is 5.97 Å². The highest BCUT2D eigenvalue weighted by Gasteiger charge is 2.31. The molecule has 146 valence electrons. The summed E-state index contributed by atoms with van der Waals surface area (Å²) in [7, 11) is 0. The topological polar surface area (TPSA) is 46.6 Å². The van der Waals surface area contributed by atoms with E-state index in [1.807, 2.05) is 35.2 Å². The van der Waals surface area contributed by atoms with Gasteiger partial charge in [0.15, 0.2) is 0 Å². The second-order valence-corrected chi connectivity index (χ2v) is 6.73. The van der Waals surface area contributed by atoms with Crippen LogP contribution >= 0.6 is 0 Å². The van der Waals surface area contributed by atoms with Crippen molar-refractivity contribution >= 4 is 11.9 Å². The smallest absolute Gasteiger partial charge is 0.318 e. The van der Waals surface area contributed by atoms with E-state index in [4.69, 9.17) is 4.74 Å². The van der Waals surface area contributed by atoms with Crippen LogP contribution in [0.2, 0.25) is 0 Å². The summed E-state index contributed by atoms with van der Waals surface area (Å²) in [5.41, 5.74) is 0.987. The molecule has 0 saturated carbocycles. The van der Waals surface area contributed by atoms with Gasteiger partial charge in [-0.3, -0.25) is 9.59 Å². The minimum absolute atomic E-state index is 0.0838. The fourth-order valence-electron chi connectivity index (χ4n) is 3.02. The molecule has 26 heavy (non-hydrogen) atoms. The molecule has 0 aliphatic carbocycles. The van der Waals surface area contributed by atoms with Gasteiger partial charge in [-0.2, -0.15) is 0 Å². The van der Waals surface area contributed by atoms with Crippen LogP contribution in [0.1, 0.15) is 64.9 Å². The van der Waals surface area contributed by atoms with E-state index in [2.05, 4.69) is 13.8 Å². The number of carbonyl (C=O) groups excluding carboxylic acids is 2. The van der Waals surface area contributed by atoms with Gasteiger partial charge in [0.05, 0.1) is 6.61 Å². The van der Waals surface area contributed by atoms with E-state index in [0.29, 0.717) is 13.0 Å². The lowest BCUT2D eigenvalue weighted by Crippen LogP contribution is -2.42. The molecule has 0 radical (unpaired) electrons. The zero-order chi connectivity index (χ0) is 19.2. The first-order chi connectivity index (χ1) is 12.6. The molecule has 0 spiro atoms. The van der Waals surface area contributed by atoms with Gasteiger partial charge in [0.2, 0.25) is 5.91 Å². The summed E-state index contributed by atoms with van der Waals surface area (Å²) < 4.78 is 5.21. The molecular formula is C22H35NO3. The molecule has 1 atom stereocenters. The molecule has 0 fully saturated rings. The summed E-state index contributed by atoms with van der Waals surface area (Å²) in [6, 6.07) is 9.72. The number of hydrogen-bond donors (Lipinski definition) is 0. The standard InChI is InChI=1S/C22H35NO3/c1-4-7-12-16-23(17-13-8-5-2)21(24)20(22(25)26-6-3)18-19-14-10-9-11-15-19/h9-11,14-15,20H,4-8,12-13,16-18H2,1-3H3/t20-/m1/s1. The molecule has 4 heteroatoms. The predicted molar refractivity (Wildman–Crippen MR) is 106 cm³/mol. The number of benzene rings is 1. The van der Waals surface area contributed by atoms with Gasteiger partial charge in [0.1, 0.15) is 5.92 Å². The Balaban J connectivity index is 2.89. The van der Waals surface area contributed by atoms with Crippen LogP contribution in [0.15, 0.2) is 30.3 Å². The highest BCUT2D eigenvalue weighted by molar-refractivity contribution is 5.98. The lowest BCUT2D eigenvalue weighted by Gasteiger charge is -2.27. The van der Waals surface area contributed by atoms with Gasteiger partial charge in [-0.05, 0) is 31.7 Å². The van der Waals surface area contributed by atoms with Gasteiger partial charge in [0, 0.05) is 13.1 Å². The Labute approximate surface area is 158 Å². The van der Waals surface area contributed by atoms with Crippen LogP contribution in [0, 0.1) is 5.92 Å². The summed E-state index contributed by atoms with van der Waals surface area (Å²) in [5.74, 6) is -1.24. The lowest BCUT2D eigenvalue weighted by atomic mass is 9.97. The summed E-state index contributed by atoms with van der Waals surface area (Å²) >= 11 is 0. The molecule has 1 aromatic rings. The molecule has 0 heterocycles. The number of hydrogen-bond acceptors (Lipinski definition) is 3. The van der Waals surface area contributed by atoms with Crippen LogP contribution in [0.5, 0.6) is 0 Å². The van der Waals surface area contributed by atoms with Crippen LogP contribution in [0.3, 0.4) is 0 Å². The van der Waals surface area contributed by atoms with Gasteiger partial charge in [-0.1, -0.05) is 69.9 Å². The Bertz CT molecular complexity index is 505. The Kier molecular flexibility index (Phi) is 11.4. The van der Waals surface area contributed by atoms with Crippen molar-refractivity contribution in [3.05, 3.63) is 35.9 Å². The molecule has 0 aliphatic heterocycles. The molecule has 0 saturated heterocycles. The van der Waals surface area contributed by atoms with E-state index in [9.17, 15) is 9.59 Å². The van der Waals surface area contributed by atoms with E-state index >= 15 is 0 Å². The van der Waals surface area contributed by atoms with Gasteiger partial charge in [0.25, 0.3) is 0 Å². The summed E-state index contributed by atoms with van der Waals surface area (Å²) in [6.07, 6.45) is 6.78. The lowest BCUT2D eigenvalue weighted by molar-refractivity contribution is -0.155. The van der Waals surface area contributed by atoms with Crippen molar-refractivity contribution in [1.82, 2.24) is 4.90 Å². The van der Waals surface area contributed by atoms with E-state index in [1.54, 1.807) is 6.92 Å². The first-order valence-corrected chi connectivity index (χ1v) is 10.1. The van der Waals surface area contributed by atoms with Crippen LogP contribution in [-0.2, 0) is 20.7 Å². The fourth-order valence-corrected chi connectivity index (χ4v) is 3.02. The fraction of sp³-hybridized carbons (Fsp3) is 0.636. The third kappa shape index (κ3) is 8.03. The van der Waals surface area contributed by atoms with Crippen LogP contribution in [0.25, 0.3) is 0 Å². The van der Waals surface area contributed by atoms with Crippen molar-refractivity contribution in [3.8, 4) is 0 Å². The summed E-state index contributed by atoms with van der Waals surface area (Å²) in [4.78, 5) is 27.5. The first kappa shape index (κ1) is 22.2. The average Bonchev–Trinajstić information content (AvgIpc) is 2.65. The number of carbonyl (C=O) groups is 2. The van der Waals surface area contributed by atoms with Crippen molar-refractivity contribution in [3.63, 3.8) is 0 Å². The number of rotatable bonds is 13. The summed E-state index contributed by atoms with van der Waals surface area (Å²) in [5, 5.41) is 0. The molecular weight excluding hydrogens is 326 g/mol. The molecule has 0 aromatic heterocycles. The molecule has 1 amide bonds. The van der Waals surface area contributed by atoms with E-state index < -0.39 is 11.9 Å². The molecule has 0 bridgehead atoms. The van der Waals surface area contributed by atoms with Gasteiger partial charge in [-0.15, -0.1) is 0 Å². The highest BCUT2D eigenvalue weighted by Crippen LogP contribution is 2.16. The zero-order valence-corrected chi connectivity index (χ0v) is 16.7. The number of unbranched alkanes of at least 4 members (excludes halogenated alkanes) is 4. The van der Waals surface area contributed by atoms with Crippen molar-refractivity contribution < 1.29 is 14.3 Å². The maximum Gasteiger partial charge on any atom is 0.318 e. The minimum atomic E-state index is -0.749. The maximum atomic E-state index is 13.2. The van der Waals surface area contributed by atoms with Crippen molar-refractivity contribution in [2.75, 3.05) is 19.7 Å². The van der Waals surface area contributed by atoms with Crippen molar-refractivity contribution in [2.24, 2.45) is 5.92 Å². The molecule has 0 unspecified atom stereocenters. The van der Waals surface area contributed by atoms with Crippen molar-refractivity contribution in [1.29, 1.82) is 0 Å². The van der Waals surface area contributed by atoms with E-state index in [1.165, 1.54) is 0 Å². The minimum Gasteiger partial charge on any atom is -0.465 e. The molecule has 1 aromatic carbocycles. The Morgan fingerprint density at radius 3 is 2.00 bits per heavy atom. The van der Waals surface area contributed by atoms with Crippen LogP contribution in [-0.4, -0.2) is 36.5 Å². The normalized spacial score (nSPS) is 11.8. The Morgan fingerprint density at radius 2 is 1.50 bits per heavy atom. The number of amides is 1. The SMILES string of the molecule is CCCCCN(CCCCC)C(=O)[C@@H](Cc1ccccc1)C(=O)OCC. The molecule has 1 rings (SSSR count). The quantitative estimate of drug-likeness (QED) is 0.293. The second-order valence-electron chi connectivity index (χ2n) is 6.73. The Morgan fingerprint density at radius 1 is 0.923 bits per heavy atom. The average molecular weight is 362 g/mol. The molecule has 0 N–H and O–H groups in total. The monoisotopic (exact) mass is 361 g/mol. The van der Waals surface area contributed by atoms with Gasteiger partial charge < -0.3 is 9.64 Å². The number of esters is 1. The summed E-state index contributed by atoms with van der Waals surface area (Å²) in [6.45, 7) is 7.83.